The lowest BCUT2D eigenvalue weighted by molar-refractivity contribution is -0.127. The molecule has 1 fully saturated rings. The largest absolute Gasteiger partial charge is 0.461 e. The lowest BCUT2D eigenvalue weighted by Gasteiger charge is -2.44. The molecule has 2 amide bonds. The summed E-state index contributed by atoms with van der Waals surface area (Å²) in [6, 6.07) is 6.72. The number of ether oxygens (including phenoxy) is 1. The molecule has 0 bridgehead atoms. The van der Waals surface area contributed by atoms with Crippen LogP contribution in [0.4, 0.5) is 5.69 Å². The Morgan fingerprint density at radius 2 is 1.94 bits per heavy atom. The van der Waals surface area contributed by atoms with Crippen molar-refractivity contribution in [3.05, 3.63) is 46.2 Å². The summed E-state index contributed by atoms with van der Waals surface area (Å²) >= 11 is 6.17. The highest BCUT2D eigenvalue weighted by Crippen LogP contribution is 2.36. The van der Waals surface area contributed by atoms with Gasteiger partial charge in [0.2, 0.25) is 5.91 Å². The number of aryl methyl sites for hydroxylation is 1. The molecule has 0 spiro atoms. The molecular formula is C25H31ClN4O4. The molecule has 4 rings (SSSR count). The first kappa shape index (κ1) is 24.3. The molecule has 8 nitrogen and oxygen atoms in total. The molecule has 1 N–H and O–H groups in total. The Morgan fingerprint density at radius 1 is 1.24 bits per heavy atom. The average Bonchev–Trinajstić information content (AvgIpc) is 3.21. The van der Waals surface area contributed by atoms with Gasteiger partial charge in [-0.25, -0.2) is 4.79 Å². The Morgan fingerprint density at radius 3 is 2.59 bits per heavy atom. The molecule has 1 atom stereocenters. The summed E-state index contributed by atoms with van der Waals surface area (Å²) in [5.41, 5.74) is 0.376. The molecule has 9 heteroatoms. The Labute approximate surface area is 204 Å². The molecule has 2 aliphatic rings. The minimum atomic E-state index is -1.26. The highest BCUT2D eigenvalue weighted by molar-refractivity contribution is 6.30. The number of benzene rings is 1. The van der Waals surface area contributed by atoms with Crippen LogP contribution in [0.2, 0.25) is 5.02 Å². The Hall–Kier alpha value is -2.87. The first-order chi connectivity index (χ1) is 16.1. The Bertz CT molecular complexity index is 1120. The monoisotopic (exact) mass is 486 g/mol. The van der Waals surface area contributed by atoms with Crippen molar-refractivity contribution >= 4 is 35.1 Å². The first-order valence-electron chi connectivity index (χ1n) is 11.8. The number of carbonyl (C=O) groups excluding carboxylic acids is 3. The maximum atomic E-state index is 13.8. The summed E-state index contributed by atoms with van der Waals surface area (Å²) in [6.07, 6.45) is 3.95. The number of fused-ring (bicyclic) bond motifs is 1. The number of nitrogens with zero attached hydrogens (tertiary/aromatic N) is 3. The summed E-state index contributed by atoms with van der Waals surface area (Å²) in [4.78, 5) is 41.4. The zero-order valence-corrected chi connectivity index (χ0v) is 20.8. The molecule has 1 aliphatic heterocycles. The second kappa shape index (κ2) is 9.41. The number of carbonyl (C=O) groups is 3. The van der Waals surface area contributed by atoms with Gasteiger partial charge in [-0.3, -0.25) is 19.2 Å². The number of hydrogen-bond acceptors (Lipinski definition) is 5. The third-order valence-corrected chi connectivity index (χ3v) is 7.11. The SMILES string of the molecule is CCOC(=O)c1cc2n(n1)C[C@@](C)(C(=O)NC1CCC(C)CC1)N(c1ccc(Cl)cc1C)C2=O. The fraction of sp³-hybridized carbons (Fsp3) is 0.520. The third kappa shape index (κ3) is 4.43. The van der Waals surface area contributed by atoms with Gasteiger partial charge in [0, 0.05) is 22.8 Å². The van der Waals surface area contributed by atoms with E-state index in [9.17, 15) is 14.4 Å². The van der Waals surface area contributed by atoms with Gasteiger partial charge in [0.1, 0.15) is 11.2 Å². The van der Waals surface area contributed by atoms with E-state index in [1.807, 2.05) is 6.92 Å². The van der Waals surface area contributed by atoms with E-state index in [1.165, 1.54) is 15.6 Å². The predicted octanol–water partition coefficient (Wildman–Crippen LogP) is 4.14. The van der Waals surface area contributed by atoms with Crippen molar-refractivity contribution in [2.75, 3.05) is 11.5 Å². The van der Waals surface area contributed by atoms with E-state index < -0.39 is 17.4 Å². The van der Waals surface area contributed by atoms with Crippen LogP contribution in [0.3, 0.4) is 0 Å². The smallest absolute Gasteiger partial charge is 0.358 e. The summed E-state index contributed by atoms with van der Waals surface area (Å²) < 4.78 is 6.50. The van der Waals surface area contributed by atoms with Crippen LogP contribution in [0.5, 0.6) is 0 Å². The van der Waals surface area contributed by atoms with Crippen molar-refractivity contribution in [2.24, 2.45) is 5.92 Å². The molecule has 1 aromatic heterocycles. The molecule has 182 valence electrons. The van der Waals surface area contributed by atoms with E-state index in [0.717, 1.165) is 31.2 Å². The van der Waals surface area contributed by atoms with E-state index in [0.29, 0.717) is 16.6 Å². The van der Waals surface area contributed by atoms with Crippen LogP contribution < -0.4 is 10.2 Å². The average molecular weight is 487 g/mol. The van der Waals surface area contributed by atoms with Gasteiger partial charge in [0.25, 0.3) is 5.91 Å². The van der Waals surface area contributed by atoms with Crippen molar-refractivity contribution in [2.45, 2.75) is 71.5 Å². The van der Waals surface area contributed by atoms with Crippen LogP contribution in [0.25, 0.3) is 0 Å². The highest BCUT2D eigenvalue weighted by atomic mass is 35.5. The maximum absolute atomic E-state index is 13.8. The number of anilines is 1. The molecule has 34 heavy (non-hydrogen) atoms. The Kier molecular flexibility index (Phi) is 6.71. The number of aromatic nitrogens is 2. The summed E-state index contributed by atoms with van der Waals surface area (Å²) in [5, 5.41) is 8.05. The van der Waals surface area contributed by atoms with Gasteiger partial charge in [0.05, 0.1) is 13.2 Å². The lowest BCUT2D eigenvalue weighted by atomic mass is 9.86. The lowest BCUT2D eigenvalue weighted by Crippen LogP contribution is -2.65. The fourth-order valence-corrected chi connectivity index (χ4v) is 5.11. The van der Waals surface area contributed by atoms with Gasteiger partial charge >= 0.3 is 5.97 Å². The third-order valence-electron chi connectivity index (χ3n) is 6.88. The van der Waals surface area contributed by atoms with Crippen LogP contribution in [0.1, 0.15) is 73.0 Å². The molecule has 1 aliphatic carbocycles. The standard InChI is InChI=1S/C25H31ClN4O4/c1-5-34-23(32)19-13-21-22(31)30(20-11-8-17(26)12-16(20)3)25(4,14-29(21)28-19)24(33)27-18-9-6-15(2)7-10-18/h8,11-13,15,18H,5-7,9-10,14H2,1-4H3,(H,27,33)/t15?,18?,25-/m0/s1. The topological polar surface area (TPSA) is 93.5 Å². The van der Waals surface area contributed by atoms with Crippen molar-refractivity contribution < 1.29 is 19.1 Å². The maximum Gasteiger partial charge on any atom is 0.358 e. The summed E-state index contributed by atoms with van der Waals surface area (Å²) in [5.74, 6) is -0.599. The van der Waals surface area contributed by atoms with Gasteiger partial charge in [0.15, 0.2) is 5.69 Å². The number of esters is 1. The first-order valence-corrected chi connectivity index (χ1v) is 12.2. The van der Waals surface area contributed by atoms with Gasteiger partial charge in [-0.05, 0) is 76.1 Å². The second-order valence-corrected chi connectivity index (χ2v) is 10.0. The minimum absolute atomic E-state index is 0.0453. The molecular weight excluding hydrogens is 456 g/mol. The minimum Gasteiger partial charge on any atom is -0.461 e. The quantitative estimate of drug-likeness (QED) is 0.641. The molecule has 0 unspecified atom stereocenters. The normalized spacial score (nSPS) is 24.5. The van der Waals surface area contributed by atoms with E-state index >= 15 is 0 Å². The van der Waals surface area contributed by atoms with Crippen molar-refractivity contribution in [1.82, 2.24) is 15.1 Å². The van der Waals surface area contributed by atoms with Crippen molar-refractivity contribution in [1.29, 1.82) is 0 Å². The molecule has 2 heterocycles. The van der Waals surface area contributed by atoms with E-state index in [2.05, 4.69) is 17.3 Å². The molecule has 0 radical (unpaired) electrons. The van der Waals surface area contributed by atoms with Crippen LogP contribution in [-0.2, 0) is 16.1 Å². The van der Waals surface area contributed by atoms with Crippen molar-refractivity contribution in [3.8, 4) is 0 Å². The van der Waals surface area contributed by atoms with Crippen LogP contribution >= 0.6 is 11.6 Å². The number of amides is 2. The van der Waals surface area contributed by atoms with Gasteiger partial charge in [-0.15, -0.1) is 0 Å². The summed E-state index contributed by atoms with van der Waals surface area (Å²) in [6.45, 7) is 7.83. The van der Waals surface area contributed by atoms with E-state index in [-0.39, 0.29) is 36.5 Å². The van der Waals surface area contributed by atoms with Gasteiger partial charge in [-0.2, -0.15) is 5.10 Å². The number of rotatable bonds is 5. The van der Waals surface area contributed by atoms with Crippen LogP contribution in [-0.4, -0.2) is 45.8 Å². The zero-order chi connectivity index (χ0) is 24.6. The number of nitrogens with one attached hydrogen (secondary N) is 1. The number of halogens is 1. The van der Waals surface area contributed by atoms with Gasteiger partial charge < -0.3 is 10.1 Å². The van der Waals surface area contributed by atoms with Crippen LogP contribution in [0.15, 0.2) is 24.3 Å². The fourth-order valence-electron chi connectivity index (χ4n) is 4.88. The zero-order valence-electron chi connectivity index (χ0n) is 20.1. The predicted molar refractivity (Wildman–Crippen MR) is 129 cm³/mol. The molecule has 2 aromatic rings. The van der Waals surface area contributed by atoms with Crippen molar-refractivity contribution in [3.63, 3.8) is 0 Å². The molecule has 0 saturated heterocycles. The Balaban J connectivity index is 1.74. The van der Waals surface area contributed by atoms with Crippen LogP contribution in [0, 0.1) is 12.8 Å². The molecule has 1 aromatic carbocycles. The second-order valence-electron chi connectivity index (χ2n) is 9.57. The van der Waals surface area contributed by atoms with E-state index in [1.54, 1.807) is 32.0 Å². The summed E-state index contributed by atoms with van der Waals surface area (Å²) in [7, 11) is 0. The number of hydrogen-bond donors (Lipinski definition) is 1. The highest BCUT2D eigenvalue weighted by Gasteiger charge is 2.50. The molecule has 1 saturated carbocycles. The van der Waals surface area contributed by atoms with E-state index in [4.69, 9.17) is 16.3 Å². The van der Waals surface area contributed by atoms with Gasteiger partial charge in [-0.1, -0.05) is 18.5 Å².